The summed E-state index contributed by atoms with van der Waals surface area (Å²) in [6.45, 7) is 5.43. The lowest BCUT2D eigenvalue weighted by atomic mass is 10.0. The van der Waals surface area contributed by atoms with E-state index in [4.69, 9.17) is 0 Å². The smallest absolute Gasteiger partial charge is 0.127 e. The van der Waals surface area contributed by atoms with Crippen molar-refractivity contribution in [2.45, 2.75) is 32.4 Å². The van der Waals surface area contributed by atoms with E-state index in [-0.39, 0.29) is 11.6 Å². The normalized spacial score (nSPS) is 17.3. The highest BCUT2D eigenvalue weighted by atomic mass is 19.1. The Bertz CT molecular complexity index is 389. The number of nitrogens with one attached hydrogen (secondary N) is 1. The quantitative estimate of drug-likeness (QED) is 0.888. The summed E-state index contributed by atoms with van der Waals surface area (Å²) in [5, 5.41) is 3.32. The molecule has 1 N–H and O–H groups in total. The molecule has 1 heterocycles. The minimum atomic E-state index is -0.368. The molecule has 1 saturated heterocycles. The van der Waals surface area contributed by atoms with E-state index in [9.17, 15) is 8.78 Å². The zero-order chi connectivity index (χ0) is 13.0. The fourth-order valence-electron chi connectivity index (χ4n) is 2.55. The van der Waals surface area contributed by atoms with Crippen molar-refractivity contribution in [3.63, 3.8) is 0 Å². The maximum Gasteiger partial charge on any atom is 0.127 e. The Morgan fingerprint density at radius 1 is 1.28 bits per heavy atom. The number of nitrogens with zero attached hydrogens (tertiary/aromatic N) is 1. The number of hydrogen-bond acceptors (Lipinski definition) is 2. The maximum absolute atomic E-state index is 13.6. The van der Waals surface area contributed by atoms with Crippen LogP contribution in [0.15, 0.2) is 18.2 Å². The van der Waals surface area contributed by atoms with Gasteiger partial charge < -0.3 is 5.32 Å². The van der Waals surface area contributed by atoms with Crippen LogP contribution in [0.1, 0.15) is 25.3 Å². The van der Waals surface area contributed by atoms with Crippen molar-refractivity contribution in [1.29, 1.82) is 0 Å². The summed E-state index contributed by atoms with van der Waals surface area (Å²) in [5.41, 5.74) is 0.454. The molecule has 0 amide bonds. The monoisotopic (exact) mass is 254 g/mol. The van der Waals surface area contributed by atoms with Crippen LogP contribution in [0.25, 0.3) is 0 Å². The molecule has 0 radical (unpaired) electrons. The highest BCUT2D eigenvalue weighted by molar-refractivity contribution is 5.18. The van der Waals surface area contributed by atoms with Gasteiger partial charge >= 0.3 is 0 Å². The minimum Gasteiger partial charge on any atom is -0.317 e. The number of hydrogen-bond donors (Lipinski definition) is 1. The van der Waals surface area contributed by atoms with Crippen molar-refractivity contribution in [2.75, 3.05) is 19.6 Å². The zero-order valence-electron chi connectivity index (χ0n) is 10.8. The summed E-state index contributed by atoms with van der Waals surface area (Å²) < 4.78 is 26.8. The van der Waals surface area contributed by atoms with Gasteiger partial charge in [0.1, 0.15) is 11.6 Å². The van der Waals surface area contributed by atoms with Gasteiger partial charge in [0, 0.05) is 18.2 Å². The van der Waals surface area contributed by atoms with Gasteiger partial charge in [0.2, 0.25) is 0 Å². The average Bonchev–Trinajstić information content (AvgIpc) is 2.41. The summed E-state index contributed by atoms with van der Waals surface area (Å²) in [7, 11) is 0. The van der Waals surface area contributed by atoms with Crippen molar-refractivity contribution in [1.82, 2.24) is 10.2 Å². The predicted octanol–water partition coefficient (Wildman–Crippen LogP) is 2.54. The zero-order valence-corrected chi connectivity index (χ0v) is 10.8. The second-order valence-corrected chi connectivity index (χ2v) is 4.78. The number of piperidine rings is 1. The molecular formula is C14H20F2N2. The van der Waals surface area contributed by atoms with Gasteiger partial charge in [-0.1, -0.05) is 6.92 Å². The third-order valence-electron chi connectivity index (χ3n) is 3.61. The molecule has 0 saturated carbocycles. The van der Waals surface area contributed by atoms with Crippen LogP contribution in [-0.4, -0.2) is 30.6 Å². The summed E-state index contributed by atoms with van der Waals surface area (Å²) >= 11 is 0. The van der Waals surface area contributed by atoms with E-state index in [2.05, 4.69) is 17.1 Å². The van der Waals surface area contributed by atoms with Gasteiger partial charge in [-0.25, -0.2) is 8.78 Å². The van der Waals surface area contributed by atoms with E-state index < -0.39 is 0 Å². The van der Waals surface area contributed by atoms with Gasteiger partial charge in [-0.05, 0) is 50.7 Å². The van der Waals surface area contributed by atoms with E-state index in [0.29, 0.717) is 18.2 Å². The lowest BCUT2D eigenvalue weighted by Gasteiger charge is -2.34. The van der Waals surface area contributed by atoms with Crippen LogP contribution in [0.3, 0.4) is 0 Å². The number of benzene rings is 1. The van der Waals surface area contributed by atoms with Gasteiger partial charge in [-0.2, -0.15) is 0 Å². The van der Waals surface area contributed by atoms with Crippen molar-refractivity contribution < 1.29 is 8.78 Å². The summed E-state index contributed by atoms with van der Waals surface area (Å²) in [5.74, 6) is -0.684. The fourth-order valence-corrected chi connectivity index (χ4v) is 2.55. The molecule has 0 aromatic heterocycles. The predicted molar refractivity (Wildman–Crippen MR) is 68.3 cm³/mol. The average molecular weight is 254 g/mol. The Balaban J connectivity index is 2.06. The molecule has 1 aliphatic rings. The Labute approximate surface area is 107 Å². The van der Waals surface area contributed by atoms with E-state index in [1.165, 1.54) is 18.2 Å². The molecule has 0 aliphatic carbocycles. The maximum atomic E-state index is 13.6. The second kappa shape index (κ2) is 6.25. The van der Waals surface area contributed by atoms with Crippen LogP contribution >= 0.6 is 0 Å². The molecule has 2 rings (SSSR count). The topological polar surface area (TPSA) is 15.3 Å². The van der Waals surface area contributed by atoms with Crippen LogP contribution in [0.4, 0.5) is 8.78 Å². The number of halogens is 2. The summed E-state index contributed by atoms with van der Waals surface area (Å²) in [6, 6.07) is 4.15. The van der Waals surface area contributed by atoms with Crippen molar-refractivity contribution in [3.8, 4) is 0 Å². The molecule has 18 heavy (non-hydrogen) atoms. The molecule has 0 bridgehead atoms. The van der Waals surface area contributed by atoms with Gasteiger partial charge in [-0.3, -0.25) is 4.90 Å². The van der Waals surface area contributed by atoms with Gasteiger partial charge in [0.05, 0.1) is 0 Å². The first-order valence-corrected chi connectivity index (χ1v) is 6.59. The van der Waals surface area contributed by atoms with Gasteiger partial charge in [-0.15, -0.1) is 0 Å². The highest BCUT2D eigenvalue weighted by Crippen LogP contribution is 2.18. The molecule has 1 aromatic rings. The second-order valence-electron chi connectivity index (χ2n) is 4.78. The molecule has 0 atom stereocenters. The first-order chi connectivity index (χ1) is 8.70. The molecule has 1 fully saturated rings. The highest BCUT2D eigenvalue weighted by Gasteiger charge is 2.20. The molecule has 100 valence electrons. The van der Waals surface area contributed by atoms with Crippen molar-refractivity contribution in [3.05, 3.63) is 35.4 Å². The number of rotatable bonds is 4. The summed E-state index contributed by atoms with van der Waals surface area (Å²) in [6.07, 6.45) is 2.15. The van der Waals surface area contributed by atoms with Crippen molar-refractivity contribution >= 4 is 0 Å². The van der Waals surface area contributed by atoms with E-state index in [0.717, 1.165) is 32.5 Å². The third-order valence-corrected chi connectivity index (χ3v) is 3.61. The van der Waals surface area contributed by atoms with Crippen LogP contribution in [-0.2, 0) is 6.54 Å². The Hall–Kier alpha value is -1.00. The molecule has 2 nitrogen and oxygen atoms in total. The molecule has 0 spiro atoms. The van der Waals surface area contributed by atoms with Crippen molar-refractivity contribution in [2.24, 2.45) is 0 Å². The molecule has 1 aromatic carbocycles. The summed E-state index contributed by atoms with van der Waals surface area (Å²) in [4.78, 5) is 2.23. The molecule has 1 aliphatic heterocycles. The Morgan fingerprint density at radius 3 is 2.67 bits per heavy atom. The Kier molecular flexibility index (Phi) is 4.66. The third kappa shape index (κ3) is 3.27. The fraction of sp³-hybridized carbons (Fsp3) is 0.571. The minimum absolute atomic E-state index is 0.316. The molecule has 4 heteroatoms. The molecular weight excluding hydrogens is 234 g/mol. The van der Waals surface area contributed by atoms with Gasteiger partial charge in [0.25, 0.3) is 0 Å². The van der Waals surface area contributed by atoms with Crippen LogP contribution in [0, 0.1) is 11.6 Å². The lowest BCUT2D eigenvalue weighted by Crippen LogP contribution is -2.42. The first kappa shape index (κ1) is 13.4. The first-order valence-electron chi connectivity index (χ1n) is 6.59. The van der Waals surface area contributed by atoms with Crippen LogP contribution in [0.5, 0.6) is 0 Å². The van der Waals surface area contributed by atoms with Crippen LogP contribution < -0.4 is 5.32 Å². The van der Waals surface area contributed by atoms with Crippen LogP contribution in [0.2, 0.25) is 0 Å². The molecule has 0 unspecified atom stereocenters. The van der Waals surface area contributed by atoms with Gasteiger partial charge in [0.15, 0.2) is 0 Å². The largest absolute Gasteiger partial charge is 0.317 e. The lowest BCUT2D eigenvalue weighted by molar-refractivity contribution is 0.160. The van der Waals surface area contributed by atoms with E-state index in [1.807, 2.05) is 0 Å². The van der Waals surface area contributed by atoms with E-state index in [1.54, 1.807) is 0 Å². The SMILES string of the molecule is CCN(Cc1cc(F)ccc1F)C1CCNCC1. The van der Waals surface area contributed by atoms with E-state index >= 15 is 0 Å². The standard InChI is InChI=1S/C14H20F2N2/c1-2-18(13-5-7-17-8-6-13)10-11-9-12(15)3-4-14(11)16/h3-4,9,13,17H,2,5-8,10H2,1H3. The Morgan fingerprint density at radius 2 is 2.00 bits per heavy atom.